The van der Waals surface area contributed by atoms with Gasteiger partial charge < -0.3 is 15.4 Å². The average Bonchev–Trinajstić information content (AvgIpc) is 2.62. The first-order chi connectivity index (χ1) is 11.4. The van der Waals surface area contributed by atoms with Crippen molar-refractivity contribution in [1.29, 1.82) is 0 Å². The second-order valence-corrected chi connectivity index (χ2v) is 6.19. The third-order valence-corrected chi connectivity index (χ3v) is 4.63. The third-order valence-electron chi connectivity index (χ3n) is 4.63. The molecule has 1 heterocycles. The van der Waals surface area contributed by atoms with Crippen molar-refractivity contribution >= 4 is 0 Å². The summed E-state index contributed by atoms with van der Waals surface area (Å²) >= 11 is 0. The van der Waals surface area contributed by atoms with Crippen LogP contribution in [0.1, 0.15) is 24.0 Å². The molecule has 2 atom stereocenters. The van der Waals surface area contributed by atoms with Crippen LogP contribution in [0.25, 0.3) is 0 Å². The van der Waals surface area contributed by atoms with Gasteiger partial charge >= 0.3 is 0 Å². The number of piperidine rings is 1. The number of rotatable bonds is 6. The summed E-state index contributed by atoms with van der Waals surface area (Å²) in [6.07, 6.45) is 3.53. The Morgan fingerprint density at radius 3 is 2.70 bits per heavy atom. The van der Waals surface area contributed by atoms with E-state index in [1.54, 1.807) is 7.11 Å². The molecule has 2 aromatic carbocycles. The quantitative estimate of drug-likeness (QED) is 0.860. The van der Waals surface area contributed by atoms with Crippen LogP contribution < -0.4 is 15.4 Å². The first-order valence-electron chi connectivity index (χ1n) is 8.49. The number of methoxy groups -OCH3 is 1. The standard InChI is InChI=1S/C20H26N2O/c1-23-20-12-6-5-10-17(20)15-22-18-11-7-13-21-19(18)14-16-8-3-2-4-9-16/h2-6,8-10,12,18-19,21-22H,7,11,13-15H2,1H3/t18-,19-/m1/s1. The van der Waals surface area contributed by atoms with Crippen molar-refractivity contribution in [2.24, 2.45) is 0 Å². The van der Waals surface area contributed by atoms with Crippen LogP contribution in [0, 0.1) is 0 Å². The topological polar surface area (TPSA) is 33.3 Å². The summed E-state index contributed by atoms with van der Waals surface area (Å²) in [5.74, 6) is 0.961. The molecule has 122 valence electrons. The molecule has 23 heavy (non-hydrogen) atoms. The molecule has 0 saturated carbocycles. The second kappa shape index (κ2) is 8.14. The first kappa shape index (κ1) is 16.0. The molecule has 2 aromatic rings. The molecule has 3 heteroatoms. The molecular formula is C20H26N2O. The molecular weight excluding hydrogens is 284 g/mol. The van der Waals surface area contributed by atoms with Gasteiger partial charge in [0, 0.05) is 24.2 Å². The Bertz CT molecular complexity index is 600. The maximum atomic E-state index is 5.45. The molecule has 0 radical (unpaired) electrons. The van der Waals surface area contributed by atoms with E-state index in [0.717, 1.165) is 25.3 Å². The van der Waals surface area contributed by atoms with Gasteiger partial charge in [0.2, 0.25) is 0 Å². The summed E-state index contributed by atoms with van der Waals surface area (Å²) in [6, 6.07) is 20.0. The van der Waals surface area contributed by atoms with Crippen molar-refractivity contribution in [3.63, 3.8) is 0 Å². The Hall–Kier alpha value is -1.84. The summed E-state index contributed by atoms with van der Waals surface area (Å²) in [5, 5.41) is 7.43. The van der Waals surface area contributed by atoms with E-state index in [0.29, 0.717) is 12.1 Å². The fraction of sp³-hybridized carbons (Fsp3) is 0.400. The highest BCUT2D eigenvalue weighted by Gasteiger charge is 2.24. The number of nitrogens with one attached hydrogen (secondary N) is 2. The van der Waals surface area contributed by atoms with Gasteiger partial charge in [-0.25, -0.2) is 0 Å². The molecule has 3 nitrogen and oxygen atoms in total. The molecule has 1 saturated heterocycles. The van der Waals surface area contributed by atoms with Gasteiger partial charge in [-0.2, -0.15) is 0 Å². The number of hydrogen-bond donors (Lipinski definition) is 2. The van der Waals surface area contributed by atoms with Gasteiger partial charge in [0.1, 0.15) is 5.75 Å². The SMILES string of the molecule is COc1ccccc1CN[C@@H]1CCCN[C@@H]1Cc1ccccc1. The highest BCUT2D eigenvalue weighted by Crippen LogP contribution is 2.19. The van der Waals surface area contributed by atoms with Crippen LogP contribution in [-0.4, -0.2) is 25.7 Å². The number of para-hydroxylation sites is 1. The van der Waals surface area contributed by atoms with Crippen molar-refractivity contribution in [2.75, 3.05) is 13.7 Å². The molecule has 1 aliphatic rings. The summed E-state index contributed by atoms with van der Waals surface area (Å²) in [5.41, 5.74) is 2.62. The number of benzene rings is 2. The van der Waals surface area contributed by atoms with Crippen LogP contribution in [0.5, 0.6) is 5.75 Å². The zero-order valence-corrected chi connectivity index (χ0v) is 13.8. The predicted molar refractivity (Wildman–Crippen MR) is 94.8 cm³/mol. The monoisotopic (exact) mass is 310 g/mol. The van der Waals surface area contributed by atoms with Crippen LogP contribution in [0.3, 0.4) is 0 Å². The summed E-state index contributed by atoms with van der Waals surface area (Å²) < 4.78 is 5.45. The fourth-order valence-electron chi connectivity index (χ4n) is 3.37. The Morgan fingerprint density at radius 1 is 1.09 bits per heavy atom. The van der Waals surface area contributed by atoms with E-state index in [-0.39, 0.29) is 0 Å². The van der Waals surface area contributed by atoms with E-state index in [1.807, 2.05) is 12.1 Å². The molecule has 0 aliphatic carbocycles. The van der Waals surface area contributed by atoms with Crippen LogP contribution >= 0.6 is 0 Å². The average molecular weight is 310 g/mol. The zero-order valence-electron chi connectivity index (χ0n) is 13.8. The van der Waals surface area contributed by atoms with Crippen molar-refractivity contribution < 1.29 is 4.74 Å². The van der Waals surface area contributed by atoms with Crippen LogP contribution in [0.2, 0.25) is 0 Å². The Morgan fingerprint density at radius 2 is 1.87 bits per heavy atom. The van der Waals surface area contributed by atoms with E-state index in [4.69, 9.17) is 4.74 Å². The molecule has 0 amide bonds. The van der Waals surface area contributed by atoms with Gasteiger partial charge in [-0.1, -0.05) is 48.5 Å². The smallest absolute Gasteiger partial charge is 0.123 e. The van der Waals surface area contributed by atoms with Gasteiger partial charge in [-0.05, 0) is 37.4 Å². The number of ether oxygens (including phenoxy) is 1. The molecule has 2 N–H and O–H groups in total. The highest BCUT2D eigenvalue weighted by atomic mass is 16.5. The molecule has 0 spiro atoms. The minimum absolute atomic E-state index is 0.487. The molecule has 0 unspecified atom stereocenters. The lowest BCUT2D eigenvalue weighted by Crippen LogP contribution is -2.52. The van der Waals surface area contributed by atoms with Gasteiger partial charge in [0.05, 0.1) is 7.11 Å². The number of hydrogen-bond acceptors (Lipinski definition) is 3. The minimum atomic E-state index is 0.487. The Kier molecular flexibility index (Phi) is 5.67. The Balaban J connectivity index is 1.62. The van der Waals surface area contributed by atoms with Gasteiger partial charge in [0.15, 0.2) is 0 Å². The van der Waals surface area contributed by atoms with Gasteiger partial charge in [-0.3, -0.25) is 0 Å². The van der Waals surface area contributed by atoms with Gasteiger partial charge in [0.25, 0.3) is 0 Å². The zero-order chi connectivity index (χ0) is 15.9. The van der Waals surface area contributed by atoms with Crippen LogP contribution in [0.15, 0.2) is 54.6 Å². The summed E-state index contributed by atoms with van der Waals surface area (Å²) in [7, 11) is 1.74. The van der Waals surface area contributed by atoms with Crippen molar-refractivity contribution in [1.82, 2.24) is 10.6 Å². The lowest BCUT2D eigenvalue weighted by Gasteiger charge is -2.34. The fourth-order valence-corrected chi connectivity index (χ4v) is 3.37. The molecule has 0 bridgehead atoms. The van der Waals surface area contributed by atoms with E-state index < -0.39 is 0 Å². The maximum absolute atomic E-state index is 5.45. The van der Waals surface area contributed by atoms with E-state index in [9.17, 15) is 0 Å². The first-order valence-corrected chi connectivity index (χ1v) is 8.49. The lowest BCUT2D eigenvalue weighted by atomic mass is 9.92. The molecule has 1 aliphatic heterocycles. The predicted octanol–water partition coefficient (Wildman–Crippen LogP) is 3.15. The van der Waals surface area contributed by atoms with Crippen molar-refractivity contribution in [2.45, 2.75) is 37.9 Å². The Labute approximate surface area is 139 Å². The van der Waals surface area contributed by atoms with Gasteiger partial charge in [-0.15, -0.1) is 0 Å². The lowest BCUT2D eigenvalue weighted by molar-refractivity contribution is 0.296. The van der Waals surface area contributed by atoms with E-state index >= 15 is 0 Å². The third kappa shape index (κ3) is 4.34. The normalized spacial score (nSPS) is 21.1. The molecule has 0 aromatic heterocycles. The highest BCUT2D eigenvalue weighted by molar-refractivity contribution is 5.33. The minimum Gasteiger partial charge on any atom is -0.496 e. The van der Waals surface area contributed by atoms with Crippen molar-refractivity contribution in [3.8, 4) is 5.75 Å². The summed E-state index contributed by atoms with van der Waals surface area (Å²) in [6.45, 7) is 1.96. The maximum Gasteiger partial charge on any atom is 0.123 e. The van der Waals surface area contributed by atoms with Crippen LogP contribution in [0.4, 0.5) is 0 Å². The summed E-state index contributed by atoms with van der Waals surface area (Å²) in [4.78, 5) is 0. The molecule has 1 fully saturated rings. The van der Waals surface area contributed by atoms with Crippen LogP contribution in [-0.2, 0) is 13.0 Å². The largest absolute Gasteiger partial charge is 0.496 e. The molecule has 3 rings (SSSR count). The second-order valence-electron chi connectivity index (χ2n) is 6.19. The van der Waals surface area contributed by atoms with Crippen molar-refractivity contribution in [3.05, 3.63) is 65.7 Å². The van der Waals surface area contributed by atoms with E-state index in [1.165, 1.54) is 24.0 Å². The van der Waals surface area contributed by atoms with E-state index in [2.05, 4.69) is 53.1 Å².